The molecule has 0 bridgehead atoms. The van der Waals surface area contributed by atoms with Crippen LogP contribution in [0.3, 0.4) is 0 Å². The summed E-state index contributed by atoms with van der Waals surface area (Å²) in [5.74, 6) is 9.34. The number of hydrogen-bond acceptors (Lipinski definition) is 6. The van der Waals surface area contributed by atoms with Gasteiger partial charge in [-0.2, -0.15) is 0 Å². The van der Waals surface area contributed by atoms with Gasteiger partial charge in [-0.15, -0.1) is 280 Å². The fraction of sp³-hybridized carbons (Fsp3) is 0.0769. The van der Waals surface area contributed by atoms with Crippen LogP contribution in [0.1, 0.15) is 71.2 Å². The Bertz CT molecular complexity index is 5230. The van der Waals surface area contributed by atoms with Gasteiger partial charge < -0.3 is 65.3 Å². The second-order valence-electron chi connectivity index (χ2n) is 27.8. The Morgan fingerprint density at radius 1 is 0.234 bits per heavy atom. The Morgan fingerprint density at radius 3 is 0.609 bits per heavy atom. The molecule has 8 nitrogen and oxygen atoms in total. The second kappa shape index (κ2) is 64.1. The van der Waals surface area contributed by atoms with Gasteiger partial charge in [-0.3, -0.25) is 23.7 Å². The molecule has 639 valence electrons. The largest absolute Gasteiger partial charge is 0.366 e. The molecule has 6 aromatic heterocycles. The van der Waals surface area contributed by atoms with Crippen LogP contribution in [-0.4, -0.2) is 41.0 Å². The first-order chi connectivity index (χ1) is 60.6. The van der Waals surface area contributed by atoms with Crippen molar-refractivity contribution < 1.29 is 60.3 Å². The maximum atomic E-state index is 7.35. The van der Waals surface area contributed by atoms with E-state index in [4.69, 9.17) is 38.8 Å². The zero-order valence-corrected chi connectivity index (χ0v) is 78.3. The molecule has 0 atom stereocenters. The molecule has 12 aromatic carbocycles. The minimum absolute atomic E-state index is 0. The zero-order chi connectivity index (χ0) is 88.2. The number of nitrogens with zero attached hydrogens (tertiary/aromatic N) is 8. The number of aromatic nitrogens is 6. The summed E-state index contributed by atoms with van der Waals surface area (Å²) in [6.07, 6.45) is 38.2. The molecule has 0 spiro atoms. The van der Waals surface area contributed by atoms with Crippen molar-refractivity contribution in [1.29, 1.82) is 0 Å². The van der Waals surface area contributed by atoms with E-state index in [9.17, 15) is 0 Å². The molecule has 0 aliphatic carbocycles. The van der Waals surface area contributed by atoms with Crippen LogP contribution in [0, 0.1) is 98.9 Å². The third-order valence-electron chi connectivity index (χ3n) is 16.2. The standard InChI is InChI=1S/C16H9.6C11H8N.3C8H5.2C5H9N.CH4.3Ir/c1-2-12-11-13-7-3-4-9-15(13)16-10-6-5-8-14(12)16;6*1-2-6-10(7-3-1)11-8-4-5-9-12-11;3*1-2-8-6-4-3-5-7-8;2*1-5(2,3)6-4;;;;/h3-11H;6*1-6,8-9H;3*3-7H;2*1-3H3;1H4;;;/q10*-1;;;;;;. The van der Waals surface area contributed by atoms with Crippen molar-refractivity contribution in [3.05, 3.63) is 545 Å². The van der Waals surface area contributed by atoms with E-state index in [1.807, 2.05) is 424 Å². The molecule has 0 saturated heterocycles. The Kier molecular flexibility index (Phi) is 53.8. The minimum Gasteiger partial charge on any atom is -0.366 e. The summed E-state index contributed by atoms with van der Waals surface area (Å²) in [6.45, 7) is 24.3. The molecule has 0 amide bonds. The summed E-state index contributed by atoms with van der Waals surface area (Å²) >= 11 is 0. The molecule has 0 aliphatic rings. The van der Waals surface area contributed by atoms with Gasteiger partial charge in [0.2, 0.25) is 11.1 Å². The maximum absolute atomic E-state index is 7.35. The Hall–Kier alpha value is -14.8. The first-order valence-corrected chi connectivity index (χ1v) is 39.4. The van der Waals surface area contributed by atoms with Crippen molar-refractivity contribution in [3.63, 3.8) is 0 Å². The summed E-state index contributed by atoms with van der Waals surface area (Å²) in [5, 5.41) is 4.68. The third kappa shape index (κ3) is 43.0. The maximum Gasteiger partial charge on any atom is 0.224 e. The Balaban J connectivity index is 0.000000362. The predicted octanol–water partition coefficient (Wildman–Crippen LogP) is 28.1. The zero-order valence-electron chi connectivity index (χ0n) is 71.1. The molecule has 3 radical (unpaired) electrons. The third-order valence-corrected chi connectivity index (χ3v) is 16.2. The smallest absolute Gasteiger partial charge is 0.224 e. The van der Waals surface area contributed by atoms with Crippen LogP contribution in [0.15, 0.2) is 438 Å². The fourth-order valence-electron chi connectivity index (χ4n) is 10.2. The van der Waals surface area contributed by atoms with Gasteiger partial charge in [0, 0.05) is 139 Å². The quantitative estimate of drug-likeness (QED) is 0.0937. The molecule has 18 aromatic rings. The summed E-state index contributed by atoms with van der Waals surface area (Å²) in [4.78, 5) is 31.8. The van der Waals surface area contributed by atoms with Crippen LogP contribution in [-0.2, 0) is 60.3 Å². The molecule has 18 rings (SSSR count). The monoisotopic (exact) mass is 2190 g/mol. The molecule has 11 heteroatoms. The molecule has 0 saturated carbocycles. The Morgan fingerprint density at radius 2 is 0.430 bits per heavy atom. The van der Waals surface area contributed by atoms with Crippen molar-refractivity contribution in [2.45, 2.75) is 60.0 Å². The van der Waals surface area contributed by atoms with E-state index in [2.05, 4.69) is 118 Å². The average Bonchev–Trinajstić information content (AvgIpc) is 0.777. The molecule has 0 unspecified atom stereocenters. The average molecular weight is 2190 g/mol. The van der Waals surface area contributed by atoms with E-state index in [1.54, 1.807) is 37.2 Å². The summed E-state index contributed by atoms with van der Waals surface area (Å²) in [7, 11) is 0. The van der Waals surface area contributed by atoms with Crippen molar-refractivity contribution in [2.24, 2.45) is 0 Å². The van der Waals surface area contributed by atoms with Crippen LogP contribution >= 0.6 is 0 Å². The number of rotatable bonds is 6. The van der Waals surface area contributed by atoms with E-state index >= 15 is 0 Å². The van der Waals surface area contributed by atoms with Gasteiger partial charge >= 0.3 is 0 Å². The summed E-state index contributed by atoms with van der Waals surface area (Å²) < 4.78 is 0. The first-order valence-electron chi connectivity index (χ1n) is 39.4. The molecule has 0 fully saturated rings. The van der Waals surface area contributed by atoms with Gasteiger partial charge in [0.25, 0.3) is 0 Å². The molecule has 0 aliphatic heterocycles. The van der Waals surface area contributed by atoms with Crippen LogP contribution in [0.5, 0.6) is 0 Å². The molecule has 6 heterocycles. The van der Waals surface area contributed by atoms with E-state index < -0.39 is 0 Å². The molecular formula is C117H94Ir3N8-10. The van der Waals surface area contributed by atoms with Gasteiger partial charge in [0.05, 0.1) is 0 Å². The topological polar surface area (TPSA) is 86.1 Å². The number of fused-ring (bicyclic) bond motifs is 3. The van der Waals surface area contributed by atoms with Crippen LogP contribution in [0.4, 0.5) is 0 Å². The summed E-state index contributed by atoms with van der Waals surface area (Å²) in [5.41, 5.74) is 15.1. The number of pyridine rings is 6. The van der Waals surface area contributed by atoms with Gasteiger partial charge in [0.1, 0.15) is 0 Å². The van der Waals surface area contributed by atoms with Gasteiger partial charge in [-0.25, -0.2) is 13.1 Å². The van der Waals surface area contributed by atoms with E-state index in [1.165, 1.54) is 10.8 Å². The first kappa shape index (κ1) is 107. The van der Waals surface area contributed by atoms with Crippen molar-refractivity contribution in [2.75, 3.05) is 0 Å². The van der Waals surface area contributed by atoms with Gasteiger partial charge in [0.15, 0.2) is 0 Å². The van der Waals surface area contributed by atoms with E-state index in [0.29, 0.717) is 0 Å². The second-order valence-corrected chi connectivity index (χ2v) is 27.8. The van der Waals surface area contributed by atoms with E-state index in [-0.39, 0.29) is 78.8 Å². The Labute approximate surface area is 801 Å². The predicted molar refractivity (Wildman–Crippen MR) is 516 cm³/mol. The van der Waals surface area contributed by atoms with Crippen molar-refractivity contribution >= 4 is 21.5 Å². The fourth-order valence-corrected chi connectivity index (χ4v) is 10.2. The van der Waals surface area contributed by atoms with Crippen molar-refractivity contribution in [3.8, 4) is 91.2 Å². The van der Waals surface area contributed by atoms with Crippen LogP contribution in [0.25, 0.3) is 98.8 Å². The van der Waals surface area contributed by atoms with Gasteiger partial charge in [-0.05, 0) is 86.7 Å². The molecule has 128 heavy (non-hydrogen) atoms. The van der Waals surface area contributed by atoms with Crippen LogP contribution < -0.4 is 0 Å². The SMILES string of the molecule is C.[C-]#Cc1cc2ccccc2c2ccccc12.[C-]#Cc1ccccc1.[C-]#Cc1ccccc1.[C-]#Cc1ccccc1.[C-]#[N+]C(C)(C)C.[C-]#[N+]C(C)(C)C.[Ir].[Ir].[Ir].[c-]1ccccc1-c1ccccn1.[c-]1ccccc1-c1ccccn1.[c-]1ccccc1-c1ccccn1.[c-]1ccccc1-c1ccccn1.[c-]1ccccc1-c1ccccn1.[c-]1ccccc1-c1ccccn1. The number of benzene rings is 12. The molecular weight excluding hydrogens is 2090 g/mol. The number of hydrogen-bond donors (Lipinski definition) is 0. The van der Waals surface area contributed by atoms with E-state index in [0.717, 1.165) is 101 Å². The normalized spacial score (nSPS) is 9.19. The van der Waals surface area contributed by atoms with Crippen LogP contribution in [0.2, 0.25) is 0 Å². The van der Waals surface area contributed by atoms with Crippen molar-refractivity contribution in [1.82, 2.24) is 29.9 Å². The minimum atomic E-state index is -0.167. The van der Waals surface area contributed by atoms with Gasteiger partial charge in [-0.1, -0.05) is 189 Å². The summed E-state index contributed by atoms with van der Waals surface area (Å²) in [6, 6.07) is 147. The molecule has 0 N–H and O–H groups in total.